The second-order valence-electron chi connectivity index (χ2n) is 3.03. The Labute approximate surface area is 135 Å². The molecule has 1 aromatic heterocycles. The Morgan fingerprint density at radius 3 is 1.84 bits per heavy atom. The van der Waals surface area contributed by atoms with Crippen molar-refractivity contribution in [3.05, 3.63) is 45.4 Å². The van der Waals surface area contributed by atoms with Gasteiger partial charge in [0.05, 0.1) is 14.9 Å². The summed E-state index contributed by atoms with van der Waals surface area (Å²) >= 11 is 15.4. The molecule has 0 saturated heterocycles. The van der Waals surface area contributed by atoms with E-state index in [9.17, 15) is 0 Å². The maximum absolute atomic E-state index is 6.04. The second-order valence-corrected chi connectivity index (χ2v) is 5.94. The van der Waals surface area contributed by atoms with Crippen LogP contribution < -0.4 is 0 Å². The lowest BCUT2D eigenvalue weighted by Crippen LogP contribution is -1.82. The van der Waals surface area contributed by atoms with Crippen LogP contribution in [0.4, 0.5) is 0 Å². The fourth-order valence-corrected chi connectivity index (χ4v) is 3.22. The molecular formula is C14H21Cl2NS2. The largest absolute Gasteiger partial charge is 0.262 e. The van der Waals surface area contributed by atoms with Crippen LogP contribution in [0.15, 0.2) is 40.3 Å². The normalized spacial score (nSPS) is 8.58. The van der Waals surface area contributed by atoms with Gasteiger partial charge >= 0.3 is 0 Å². The van der Waals surface area contributed by atoms with Crippen molar-refractivity contribution in [2.24, 2.45) is 0 Å². The van der Waals surface area contributed by atoms with Crippen LogP contribution in [-0.4, -0.2) is 11.2 Å². The zero-order valence-corrected chi connectivity index (χ0v) is 15.2. The molecule has 5 heteroatoms. The number of pyridine rings is 1. The van der Waals surface area contributed by atoms with Gasteiger partial charge in [-0.3, -0.25) is 4.98 Å². The molecule has 0 radical (unpaired) electrons. The average molecular weight is 338 g/mol. The minimum Gasteiger partial charge on any atom is -0.262 e. The van der Waals surface area contributed by atoms with Gasteiger partial charge in [0.2, 0.25) is 0 Å². The molecule has 0 N–H and O–H groups in total. The van der Waals surface area contributed by atoms with Crippen molar-refractivity contribution in [3.63, 3.8) is 0 Å². The summed E-state index contributed by atoms with van der Waals surface area (Å²) in [5.41, 5.74) is 1.26. The standard InChI is InChI=1S/C10H11Cl2NS2.C2H6.C2H4/c1-6(2)10(14-3)15-9-7(11)4-13-5-8(9)12;2*1-2/h4-5H,1-3H3;1-2H3;1-2H2. The van der Waals surface area contributed by atoms with E-state index in [1.807, 2.05) is 20.1 Å². The fourth-order valence-electron chi connectivity index (χ4n) is 0.938. The fraction of sp³-hybridized carbons (Fsp3) is 0.357. The van der Waals surface area contributed by atoms with E-state index in [0.29, 0.717) is 10.0 Å². The lowest BCUT2D eigenvalue weighted by atomic mass is 10.4. The molecule has 0 spiro atoms. The van der Waals surface area contributed by atoms with Crippen molar-refractivity contribution >= 4 is 46.7 Å². The van der Waals surface area contributed by atoms with Crippen LogP contribution in [-0.2, 0) is 0 Å². The SMILES string of the molecule is C=C.CC.CSC(Sc1c(Cl)cncc1Cl)=C(C)C. The molecule has 0 aliphatic rings. The molecule has 0 aliphatic carbocycles. The molecule has 19 heavy (non-hydrogen) atoms. The zero-order valence-electron chi connectivity index (χ0n) is 12.1. The lowest BCUT2D eigenvalue weighted by Gasteiger charge is -2.08. The highest BCUT2D eigenvalue weighted by molar-refractivity contribution is 8.22. The van der Waals surface area contributed by atoms with Gasteiger partial charge < -0.3 is 0 Å². The summed E-state index contributed by atoms with van der Waals surface area (Å²) in [6.07, 6.45) is 5.26. The van der Waals surface area contributed by atoms with Crippen molar-refractivity contribution in [1.29, 1.82) is 0 Å². The third-order valence-corrected chi connectivity index (χ3v) is 5.16. The number of thioether (sulfide) groups is 2. The van der Waals surface area contributed by atoms with E-state index in [0.717, 1.165) is 4.90 Å². The predicted octanol–water partition coefficient (Wildman–Crippen LogP) is 6.92. The van der Waals surface area contributed by atoms with Gasteiger partial charge in [0.1, 0.15) is 0 Å². The maximum atomic E-state index is 6.04. The maximum Gasteiger partial charge on any atom is 0.0744 e. The topological polar surface area (TPSA) is 12.9 Å². The zero-order chi connectivity index (χ0) is 15.4. The first kappa shape index (κ1) is 21.2. The molecular weight excluding hydrogens is 317 g/mol. The highest BCUT2D eigenvalue weighted by Crippen LogP contribution is 2.42. The quantitative estimate of drug-likeness (QED) is 0.438. The minimum absolute atomic E-state index is 0.598. The van der Waals surface area contributed by atoms with E-state index in [-0.39, 0.29) is 0 Å². The lowest BCUT2D eigenvalue weighted by molar-refractivity contribution is 1.26. The number of hydrogen-bond donors (Lipinski definition) is 0. The van der Waals surface area contributed by atoms with Crippen LogP contribution in [0.3, 0.4) is 0 Å². The summed E-state index contributed by atoms with van der Waals surface area (Å²) in [6.45, 7) is 14.1. The van der Waals surface area contributed by atoms with Crippen LogP contribution >= 0.6 is 46.7 Å². The molecule has 0 unspecified atom stereocenters. The predicted molar refractivity (Wildman–Crippen MR) is 94.6 cm³/mol. The van der Waals surface area contributed by atoms with E-state index < -0.39 is 0 Å². The molecule has 0 saturated carbocycles. The Kier molecular flexibility index (Phi) is 14.4. The van der Waals surface area contributed by atoms with Gasteiger partial charge in [-0.2, -0.15) is 0 Å². The number of hydrogen-bond acceptors (Lipinski definition) is 3. The van der Waals surface area contributed by atoms with E-state index in [1.165, 1.54) is 9.81 Å². The van der Waals surface area contributed by atoms with Gasteiger partial charge in [0.15, 0.2) is 0 Å². The molecule has 108 valence electrons. The molecule has 0 bridgehead atoms. The molecule has 1 aromatic rings. The van der Waals surface area contributed by atoms with E-state index in [4.69, 9.17) is 23.2 Å². The first-order chi connectivity index (χ1) is 9.06. The highest BCUT2D eigenvalue weighted by Gasteiger charge is 2.10. The van der Waals surface area contributed by atoms with Crippen molar-refractivity contribution in [1.82, 2.24) is 4.98 Å². The summed E-state index contributed by atoms with van der Waals surface area (Å²) in [5.74, 6) is 0. The average Bonchev–Trinajstić information content (AvgIpc) is 2.42. The Morgan fingerprint density at radius 1 is 1.11 bits per heavy atom. The van der Waals surface area contributed by atoms with Crippen molar-refractivity contribution < 1.29 is 0 Å². The number of aromatic nitrogens is 1. The van der Waals surface area contributed by atoms with Gasteiger partial charge in [0, 0.05) is 16.6 Å². The molecule has 0 fully saturated rings. The number of nitrogens with zero attached hydrogens (tertiary/aromatic N) is 1. The number of rotatable bonds is 3. The summed E-state index contributed by atoms with van der Waals surface area (Å²) in [6, 6.07) is 0. The van der Waals surface area contributed by atoms with Gasteiger partial charge in [-0.1, -0.05) is 54.4 Å². The van der Waals surface area contributed by atoms with Crippen molar-refractivity contribution in [3.8, 4) is 0 Å². The summed E-state index contributed by atoms with van der Waals surface area (Å²) in [7, 11) is 0. The van der Waals surface area contributed by atoms with Gasteiger partial charge in [0.25, 0.3) is 0 Å². The Balaban J connectivity index is 0. The van der Waals surface area contributed by atoms with Crippen LogP contribution in [0.1, 0.15) is 27.7 Å². The first-order valence-corrected chi connectivity index (χ1v) is 8.54. The van der Waals surface area contributed by atoms with Crippen LogP contribution in [0.5, 0.6) is 0 Å². The Hall–Kier alpha value is -0.0900. The monoisotopic (exact) mass is 337 g/mol. The molecule has 1 heterocycles. The molecule has 0 amide bonds. The molecule has 0 aliphatic heterocycles. The minimum atomic E-state index is 0.598. The number of halogens is 2. The second kappa shape index (κ2) is 12.9. The van der Waals surface area contributed by atoms with Gasteiger partial charge in [-0.15, -0.1) is 24.9 Å². The summed E-state index contributed by atoms with van der Waals surface area (Å²) in [5, 5.41) is 1.20. The smallest absolute Gasteiger partial charge is 0.0744 e. The third-order valence-electron chi connectivity index (χ3n) is 1.60. The van der Waals surface area contributed by atoms with Crippen LogP contribution in [0.2, 0.25) is 10.0 Å². The van der Waals surface area contributed by atoms with Crippen LogP contribution in [0, 0.1) is 0 Å². The van der Waals surface area contributed by atoms with Crippen molar-refractivity contribution in [2.75, 3.05) is 6.26 Å². The summed E-state index contributed by atoms with van der Waals surface area (Å²) in [4.78, 5) is 4.80. The van der Waals surface area contributed by atoms with Gasteiger partial charge in [-0.05, 0) is 20.1 Å². The van der Waals surface area contributed by atoms with Crippen molar-refractivity contribution in [2.45, 2.75) is 32.6 Å². The third kappa shape index (κ3) is 7.93. The first-order valence-electron chi connectivity index (χ1n) is 5.74. The van der Waals surface area contributed by atoms with Crippen LogP contribution in [0.25, 0.3) is 0 Å². The Bertz CT molecular complexity index is 382. The molecule has 1 rings (SSSR count). The van der Waals surface area contributed by atoms with E-state index in [1.54, 1.807) is 35.9 Å². The number of allylic oxidation sites excluding steroid dienone is 1. The summed E-state index contributed by atoms with van der Waals surface area (Å²) < 4.78 is 1.21. The highest BCUT2D eigenvalue weighted by atomic mass is 35.5. The molecule has 0 aromatic carbocycles. The molecule has 1 nitrogen and oxygen atoms in total. The van der Waals surface area contributed by atoms with E-state index in [2.05, 4.69) is 32.0 Å². The van der Waals surface area contributed by atoms with E-state index >= 15 is 0 Å². The van der Waals surface area contributed by atoms with Gasteiger partial charge in [-0.25, -0.2) is 0 Å². The molecule has 0 atom stereocenters. The Morgan fingerprint density at radius 2 is 1.53 bits per heavy atom.